The fourth-order valence-electron chi connectivity index (χ4n) is 2.67. The van der Waals surface area contributed by atoms with E-state index >= 15 is 0 Å². The van der Waals surface area contributed by atoms with Crippen LogP contribution in [0.4, 0.5) is 0 Å². The zero-order valence-electron chi connectivity index (χ0n) is 14.1. The summed E-state index contributed by atoms with van der Waals surface area (Å²) in [7, 11) is 1.59. The molecule has 4 rings (SSSR count). The number of likely N-dealkylation sites (tertiary alicyclic amines) is 1. The highest BCUT2D eigenvalue weighted by molar-refractivity contribution is 7.13. The predicted molar refractivity (Wildman–Crippen MR) is 95.4 cm³/mol. The first-order valence-electron chi connectivity index (χ1n) is 8.15. The SMILES string of the molecule is COc1cccc(OCC(=O)N2CC(c3nc(-c4cccs4)no3)C2)c1. The third-order valence-corrected chi connectivity index (χ3v) is 5.04. The monoisotopic (exact) mass is 371 g/mol. The molecule has 134 valence electrons. The molecule has 8 heteroatoms. The van der Waals surface area contributed by atoms with Crippen molar-refractivity contribution in [3.05, 3.63) is 47.7 Å². The molecular formula is C18H17N3O4S. The Morgan fingerprint density at radius 3 is 2.92 bits per heavy atom. The highest BCUT2D eigenvalue weighted by Gasteiger charge is 2.35. The summed E-state index contributed by atoms with van der Waals surface area (Å²) in [6, 6.07) is 11.1. The highest BCUT2D eigenvalue weighted by Crippen LogP contribution is 2.29. The number of ether oxygens (including phenoxy) is 2. The van der Waals surface area contributed by atoms with Gasteiger partial charge in [0.15, 0.2) is 6.61 Å². The lowest BCUT2D eigenvalue weighted by Crippen LogP contribution is -2.50. The maximum absolute atomic E-state index is 12.2. The van der Waals surface area contributed by atoms with E-state index in [2.05, 4.69) is 10.1 Å². The van der Waals surface area contributed by atoms with Crippen molar-refractivity contribution in [2.75, 3.05) is 26.8 Å². The Morgan fingerprint density at radius 2 is 2.15 bits per heavy atom. The van der Waals surface area contributed by atoms with E-state index in [9.17, 15) is 4.79 Å². The third kappa shape index (κ3) is 3.41. The minimum Gasteiger partial charge on any atom is -0.497 e. The van der Waals surface area contributed by atoms with Crippen LogP contribution < -0.4 is 9.47 Å². The van der Waals surface area contributed by atoms with Crippen LogP contribution in [0.15, 0.2) is 46.3 Å². The van der Waals surface area contributed by atoms with Crippen LogP contribution in [0.25, 0.3) is 10.7 Å². The first-order valence-corrected chi connectivity index (χ1v) is 9.03. The second-order valence-corrected chi connectivity index (χ2v) is 6.84. The molecule has 0 atom stereocenters. The lowest BCUT2D eigenvalue weighted by Gasteiger charge is -2.36. The van der Waals surface area contributed by atoms with Gasteiger partial charge in [-0.3, -0.25) is 4.79 Å². The van der Waals surface area contributed by atoms with Crippen molar-refractivity contribution >= 4 is 17.2 Å². The molecule has 1 amide bonds. The summed E-state index contributed by atoms with van der Waals surface area (Å²) < 4.78 is 16.0. The second kappa shape index (κ2) is 7.17. The van der Waals surface area contributed by atoms with Gasteiger partial charge in [-0.25, -0.2) is 0 Å². The van der Waals surface area contributed by atoms with E-state index in [1.54, 1.807) is 35.5 Å². The van der Waals surface area contributed by atoms with Crippen LogP contribution >= 0.6 is 11.3 Å². The Bertz CT molecular complexity index is 887. The van der Waals surface area contributed by atoms with Crippen molar-refractivity contribution in [1.29, 1.82) is 0 Å². The van der Waals surface area contributed by atoms with E-state index in [1.807, 2.05) is 29.6 Å². The molecule has 1 fully saturated rings. The number of rotatable bonds is 6. The molecule has 0 radical (unpaired) electrons. The van der Waals surface area contributed by atoms with Crippen LogP contribution in [0.3, 0.4) is 0 Å². The number of benzene rings is 1. The van der Waals surface area contributed by atoms with E-state index in [0.717, 1.165) is 4.88 Å². The van der Waals surface area contributed by atoms with Crippen LogP contribution in [-0.2, 0) is 4.79 Å². The fraction of sp³-hybridized carbons (Fsp3) is 0.278. The number of hydrogen-bond acceptors (Lipinski definition) is 7. The average Bonchev–Trinajstić information content (AvgIpc) is 3.30. The van der Waals surface area contributed by atoms with E-state index in [1.165, 1.54) is 0 Å². The van der Waals surface area contributed by atoms with Gasteiger partial charge < -0.3 is 18.9 Å². The molecule has 0 aliphatic carbocycles. The number of hydrogen-bond donors (Lipinski definition) is 0. The number of methoxy groups -OCH3 is 1. The first-order chi connectivity index (χ1) is 12.7. The van der Waals surface area contributed by atoms with E-state index in [-0.39, 0.29) is 18.4 Å². The Balaban J connectivity index is 1.28. The maximum atomic E-state index is 12.2. The largest absolute Gasteiger partial charge is 0.497 e. The molecule has 7 nitrogen and oxygen atoms in total. The Hall–Kier alpha value is -2.87. The van der Waals surface area contributed by atoms with Gasteiger partial charge in [-0.15, -0.1) is 11.3 Å². The summed E-state index contributed by atoms with van der Waals surface area (Å²) in [4.78, 5) is 19.4. The van der Waals surface area contributed by atoms with Crippen LogP contribution in [0, 0.1) is 0 Å². The number of carbonyl (C=O) groups is 1. The summed E-state index contributed by atoms with van der Waals surface area (Å²) in [5, 5.41) is 5.98. The molecule has 0 bridgehead atoms. The third-order valence-electron chi connectivity index (χ3n) is 4.17. The van der Waals surface area contributed by atoms with Gasteiger partial charge >= 0.3 is 0 Å². The molecule has 0 unspecified atom stereocenters. The number of thiophene rings is 1. The van der Waals surface area contributed by atoms with Crippen LogP contribution in [0.5, 0.6) is 11.5 Å². The standard InChI is InChI=1S/C18H17N3O4S/c1-23-13-4-2-5-14(8-13)24-11-16(22)21-9-12(10-21)18-19-17(20-25-18)15-6-3-7-26-15/h2-8,12H,9-11H2,1H3. The van der Waals surface area contributed by atoms with E-state index in [4.69, 9.17) is 14.0 Å². The molecule has 1 aliphatic rings. The van der Waals surface area contributed by atoms with Crippen molar-refractivity contribution in [3.63, 3.8) is 0 Å². The normalized spacial score (nSPS) is 14.1. The van der Waals surface area contributed by atoms with Gasteiger partial charge in [-0.2, -0.15) is 4.98 Å². The molecule has 3 heterocycles. The van der Waals surface area contributed by atoms with Crippen LogP contribution in [0.2, 0.25) is 0 Å². The number of aromatic nitrogens is 2. The number of amides is 1. The molecule has 0 N–H and O–H groups in total. The van der Waals surface area contributed by atoms with Gasteiger partial charge in [0.2, 0.25) is 11.7 Å². The zero-order chi connectivity index (χ0) is 17.9. The van der Waals surface area contributed by atoms with Gasteiger partial charge in [0.25, 0.3) is 5.91 Å². The predicted octanol–water partition coefficient (Wildman–Crippen LogP) is 2.81. The molecule has 2 aromatic heterocycles. The summed E-state index contributed by atoms with van der Waals surface area (Å²) >= 11 is 1.56. The van der Waals surface area contributed by atoms with Crippen molar-refractivity contribution < 1.29 is 18.8 Å². The molecule has 1 aromatic carbocycles. The Kier molecular flexibility index (Phi) is 4.57. The zero-order valence-corrected chi connectivity index (χ0v) is 14.9. The van der Waals surface area contributed by atoms with Gasteiger partial charge in [0.05, 0.1) is 17.9 Å². The summed E-state index contributed by atoms with van der Waals surface area (Å²) in [6.07, 6.45) is 0. The topological polar surface area (TPSA) is 77.7 Å². The molecule has 1 aliphatic heterocycles. The van der Waals surface area contributed by atoms with Gasteiger partial charge in [-0.1, -0.05) is 17.3 Å². The lowest BCUT2D eigenvalue weighted by molar-refractivity contribution is -0.138. The number of nitrogens with zero attached hydrogens (tertiary/aromatic N) is 3. The Morgan fingerprint density at radius 1 is 1.31 bits per heavy atom. The summed E-state index contributed by atoms with van der Waals surface area (Å²) in [6.45, 7) is 1.11. The molecule has 0 spiro atoms. The van der Waals surface area contributed by atoms with E-state index < -0.39 is 0 Å². The maximum Gasteiger partial charge on any atom is 0.260 e. The van der Waals surface area contributed by atoms with Crippen LogP contribution in [0.1, 0.15) is 11.8 Å². The van der Waals surface area contributed by atoms with Gasteiger partial charge in [0, 0.05) is 19.2 Å². The van der Waals surface area contributed by atoms with Crippen molar-refractivity contribution in [3.8, 4) is 22.2 Å². The average molecular weight is 371 g/mol. The van der Waals surface area contributed by atoms with Crippen molar-refractivity contribution in [2.24, 2.45) is 0 Å². The smallest absolute Gasteiger partial charge is 0.260 e. The lowest BCUT2D eigenvalue weighted by atomic mass is 10.0. The molecule has 3 aromatic rings. The highest BCUT2D eigenvalue weighted by atomic mass is 32.1. The molecule has 26 heavy (non-hydrogen) atoms. The molecule has 0 saturated carbocycles. The summed E-state index contributed by atoms with van der Waals surface area (Å²) in [5.74, 6) is 2.48. The van der Waals surface area contributed by atoms with Gasteiger partial charge in [-0.05, 0) is 23.6 Å². The minimum atomic E-state index is -0.0675. The van der Waals surface area contributed by atoms with Crippen molar-refractivity contribution in [2.45, 2.75) is 5.92 Å². The number of carbonyl (C=O) groups excluding carboxylic acids is 1. The Labute approximate surface area is 154 Å². The summed E-state index contributed by atoms with van der Waals surface area (Å²) in [5.41, 5.74) is 0. The molecule has 1 saturated heterocycles. The van der Waals surface area contributed by atoms with Crippen molar-refractivity contribution in [1.82, 2.24) is 15.0 Å². The first kappa shape index (κ1) is 16.6. The van der Waals surface area contributed by atoms with Gasteiger partial charge in [0.1, 0.15) is 11.5 Å². The van der Waals surface area contributed by atoms with Crippen LogP contribution in [-0.4, -0.2) is 47.8 Å². The molecular weight excluding hydrogens is 354 g/mol. The van der Waals surface area contributed by atoms with E-state index in [0.29, 0.717) is 36.3 Å². The quantitative estimate of drug-likeness (QED) is 0.663. The fourth-order valence-corrected chi connectivity index (χ4v) is 3.32. The minimum absolute atomic E-state index is 0.00976. The second-order valence-electron chi connectivity index (χ2n) is 5.90.